The minimum atomic E-state index is 0.704. The van der Waals surface area contributed by atoms with Crippen molar-refractivity contribution in [1.29, 1.82) is 0 Å². The lowest BCUT2D eigenvalue weighted by atomic mass is 9.91. The van der Waals surface area contributed by atoms with E-state index in [1.807, 2.05) is 0 Å². The Morgan fingerprint density at radius 3 is 2.50 bits per heavy atom. The van der Waals surface area contributed by atoms with E-state index in [2.05, 4.69) is 31.1 Å². The van der Waals surface area contributed by atoms with Gasteiger partial charge in [-0.3, -0.25) is 0 Å². The molecule has 1 N–H and O–H groups in total. The van der Waals surface area contributed by atoms with E-state index in [0.29, 0.717) is 6.04 Å². The number of hydrogen-bond donors (Lipinski definition) is 1. The summed E-state index contributed by atoms with van der Waals surface area (Å²) in [6, 6.07) is 1.59. The van der Waals surface area contributed by atoms with Crippen molar-refractivity contribution in [3.63, 3.8) is 0 Å². The molecule has 0 bridgehead atoms. The van der Waals surface area contributed by atoms with E-state index in [1.165, 1.54) is 38.6 Å². The van der Waals surface area contributed by atoms with Crippen LogP contribution in [0.1, 0.15) is 46.0 Å². The molecule has 0 heterocycles. The first-order valence-electron chi connectivity index (χ1n) is 6.21. The van der Waals surface area contributed by atoms with Crippen molar-refractivity contribution in [2.45, 2.75) is 58.0 Å². The van der Waals surface area contributed by atoms with Crippen molar-refractivity contribution < 1.29 is 0 Å². The van der Waals surface area contributed by atoms with Gasteiger partial charge < -0.3 is 10.2 Å². The fraction of sp³-hybridized carbons (Fsp3) is 1.00. The molecule has 0 saturated heterocycles. The Balaban J connectivity index is 2.21. The lowest BCUT2D eigenvalue weighted by Gasteiger charge is -2.37. The summed E-state index contributed by atoms with van der Waals surface area (Å²) in [5, 5.41) is 3.58. The maximum Gasteiger partial charge on any atom is 0.0194 e. The first-order chi connectivity index (χ1) is 6.77. The van der Waals surface area contributed by atoms with Crippen LogP contribution in [-0.4, -0.2) is 37.1 Å². The quantitative estimate of drug-likeness (QED) is 0.675. The molecule has 0 aromatic rings. The van der Waals surface area contributed by atoms with E-state index in [4.69, 9.17) is 0 Å². The van der Waals surface area contributed by atoms with Gasteiger partial charge >= 0.3 is 0 Å². The second-order valence-electron chi connectivity index (χ2n) is 4.57. The van der Waals surface area contributed by atoms with Crippen LogP contribution in [0.5, 0.6) is 0 Å². The third kappa shape index (κ3) is 3.58. The zero-order valence-corrected chi connectivity index (χ0v) is 10.1. The molecule has 1 saturated carbocycles. The molecule has 84 valence electrons. The van der Waals surface area contributed by atoms with Crippen LogP contribution < -0.4 is 5.32 Å². The Morgan fingerprint density at radius 2 is 2.07 bits per heavy atom. The molecule has 0 radical (unpaired) electrons. The summed E-state index contributed by atoms with van der Waals surface area (Å²) in [6.45, 7) is 6.80. The van der Waals surface area contributed by atoms with Crippen LogP contribution in [0.15, 0.2) is 0 Å². The molecule has 1 unspecified atom stereocenters. The summed E-state index contributed by atoms with van der Waals surface area (Å²) in [7, 11) is 2.28. The van der Waals surface area contributed by atoms with Crippen molar-refractivity contribution in [3.8, 4) is 0 Å². The van der Waals surface area contributed by atoms with Crippen molar-refractivity contribution in [1.82, 2.24) is 10.2 Å². The Hall–Kier alpha value is -0.0800. The lowest BCUT2D eigenvalue weighted by Crippen LogP contribution is -2.45. The molecule has 0 amide bonds. The van der Waals surface area contributed by atoms with Crippen molar-refractivity contribution in [2.24, 2.45) is 0 Å². The average Bonchev–Trinajstić information content (AvgIpc) is 2.01. The molecule has 1 rings (SSSR count). The van der Waals surface area contributed by atoms with Crippen LogP contribution >= 0.6 is 0 Å². The summed E-state index contributed by atoms with van der Waals surface area (Å²) >= 11 is 0. The molecule has 14 heavy (non-hydrogen) atoms. The molecule has 1 fully saturated rings. The van der Waals surface area contributed by atoms with Crippen LogP contribution in [0, 0.1) is 0 Å². The van der Waals surface area contributed by atoms with Gasteiger partial charge in [-0.1, -0.05) is 26.7 Å². The molecule has 0 aromatic heterocycles. The van der Waals surface area contributed by atoms with Crippen LogP contribution in [-0.2, 0) is 0 Å². The van der Waals surface area contributed by atoms with Crippen LogP contribution in [0.2, 0.25) is 0 Å². The largest absolute Gasteiger partial charge is 0.313 e. The predicted molar refractivity (Wildman–Crippen MR) is 62.6 cm³/mol. The normalized spacial score (nSPS) is 19.7. The number of hydrogen-bond acceptors (Lipinski definition) is 2. The van der Waals surface area contributed by atoms with E-state index >= 15 is 0 Å². The first-order valence-corrected chi connectivity index (χ1v) is 6.21. The summed E-state index contributed by atoms with van der Waals surface area (Å²) in [5.41, 5.74) is 0. The molecular formula is C12H26N2. The minimum Gasteiger partial charge on any atom is -0.313 e. The maximum absolute atomic E-state index is 3.58. The number of nitrogens with zero attached hydrogens (tertiary/aromatic N) is 1. The fourth-order valence-electron chi connectivity index (χ4n) is 2.22. The minimum absolute atomic E-state index is 0.704. The van der Waals surface area contributed by atoms with Gasteiger partial charge in [-0.2, -0.15) is 0 Å². The van der Waals surface area contributed by atoms with Crippen LogP contribution in [0.3, 0.4) is 0 Å². The van der Waals surface area contributed by atoms with Gasteiger partial charge in [0.1, 0.15) is 0 Å². The van der Waals surface area contributed by atoms with Crippen molar-refractivity contribution in [3.05, 3.63) is 0 Å². The highest BCUT2D eigenvalue weighted by atomic mass is 15.2. The molecule has 0 spiro atoms. The molecule has 1 aliphatic carbocycles. The lowest BCUT2D eigenvalue weighted by molar-refractivity contribution is 0.143. The maximum atomic E-state index is 3.58. The van der Waals surface area contributed by atoms with E-state index in [0.717, 1.165) is 12.6 Å². The zero-order valence-electron chi connectivity index (χ0n) is 10.1. The Bertz CT molecular complexity index is 137. The van der Waals surface area contributed by atoms with Gasteiger partial charge in [0.05, 0.1) is 0 Å². The smallest absolute Gasteiger partial charge is 0.0194 e. The third-order valence-electron chi connectivity index (χ3n) is 3.34. The van der Waals surface area contributed by atoms with Gasteiger partial charge in [0.15, 0.2) is 0 Å². The Morgan fingerprint density at radius 1 is 1.36 bits per heavy atom. The number of nitrogens with one attached hydrogen (secondary N) is 1. The first kappa shape index (κ1) is 12.0. The highest BCUT2D eigenvalue weighted by Crippen LogP contribution is 2.23. The highest BCUT2D eigenvalue weighted by molar-refractivity contribution is 4.81. The molecule has 0 aliphatic heterocycles. The second-order valence-corrected chi connectivity index (χ2v) is 4.57. The van der Waals surface area contributed by atoms with E-state index in [1.54, 1.807) is 0 Å². The van der Waals surface area contributed by atoms with Gasteiger partial charge in [0.2, 0.25) is 0 Å². The summed E-state index contributed by atoms with van der Waals surface area (Å²) in [6.07, 6.45) is 6.87. The average molecular weight is 198 g/mol. The van der Waals surface area contributed by atoms with Crippen LogP contribution in [0.25, 0.3) is 0 Å². The van der Waals surface area contributed by atoms with Gasteiger partial charge in [-0.15, -0.1) is 0 Å². The number of likely N-dealkylation sites (N-methyl/N-ethyl adjacent to an activating group) is 2. The fourth-order valence-corrected chi connectivity index (χ4v) is 2.22. The molecular weight excluding hydrogens is 172 g/mol. The summed E-state index contributed by atoms with van der Waals surface area (Å²) in [5.74, 6) is 0. The van der Waals surface area contributed by atoms with E-state index in [9.17, 15) is 0 Å². The van der Waals surface area contributed by atoms with Crippen molar-refractivity contribution >= 4 is 0 Å². The monoisotopic (exact) mass is 198 g/mol. The molecule has 1 atom stereocenters. The van der Waals surface area contributed by atoms with E-state index < -0.39 is 0 Å². The van der Waals surface area contributed by atoms with Crippen molar-refractivity contribution in [2.75, 3.05) is 20.1 Å². The molecule has 2 nitrogen and oxygen atoms in total. The molecule has 2 heteroatoms. The SMILES string of the molecule is CCCC(CN(C)C1CCC1)NCC. The van der Waals surface area contributed by atoms with Gasteiger partial charge in [0, 0.05) is 18.6 Å². The second kappa shape index (κ2) is 6.41. The van der Waals surface area contributed by atoms with Gasteiger partial charge in [-0.05, 0) is 32.9 Å². The highest BCUT2D eigenvalue weighted by Gasteiger charge is 2.23. The Kier molecular flexibility index (Phi) is 5.49. The summed E-state index contributed by atoms with van der Waals surface area (Å²) < 4.78 is 0. The third-order valence-corrected chi connectivity index (χ3v) is 3.34. The summed E-state index contributed by atoms with van der Waals surface area (Å²) in [4.78, 5) is 2.55. The number of rotatable bonds is 7. The molecule has 1 aliphatic rings. The Labute approximate surface area is 89.1 Å². The van der Waals surface area contributed by atoms with Crippen LogP contribution in [0.4, 0.5) is 0 Å². The standard InChI is InChI=1S/C12H26N2/c1-4-7-11(13-5-2)10-14(3)12-8-6-9-12/h11-13H,4-10H2,1-3H3. The zero-order chi connectivity index (χ0) is 10.4. The topological polar surface area (TPSA) is 15.3 Å². The predicted octanol–water partition coefficient (Wildman–Crippen LogP) is 2.25. The van der Waals surface area contributed by atoms with Gasteiger partial charge in [0.25, 0.3) is 0 Å². The van der Waals surface area contributed by atoms with Gasteiger partial charge in [-0.25, -0.2) is 0 Å². The van der Waals surface area contributed by atoms with E-state index in [-0.39, 0.29) is 0 Å². The molecule has 0 aromatic carbocycles.